The normalized spacial score (nSPS) is 16.9. The van der Waals surface area contributed by atoms with Crippen molar-refractivity contribution < 1.29 is 0 Å². The average Bonchev–Trinajstić information content (AvgIpc) is 2.87. The second kappa shape index (κ2) is 33.6. The molecule has 2 rings (SSSR count). The molecule has 30 heavy (non-hydrogen) atoms. The molecule has 0 heteroatoms. The van der Waals surface area contributed by atoms with Gasteiger partial charge in [0.25, 0.3) is 0 Å². The average molecular weight is 431 g/mol. The highest BCUT2D eigenvalue weighted by atomic mass is 14.4. The van der Waals surface area contributed by atoms with Crippen molar-refractivity contribution in [1.29, 1.82) is 0 Å². The van der Waals surface area contributed by atoms with Gasteiger partial charge in [-0.1, -0.05) is 155 Å². The van der Waals surface area contributed by atoms with Crippen LogP contribution in [0.2, 0.25) is 0 Å². The maximum Gasteiger partial charge on any atom is -0.0323 e. The molecule has 0 radical (unpaired) electrons. The standard InChI is InChI=1S/C18H34.6C2H6/c1-15(16-10-6-4-7-11-16)14-18(2,3)17-12-8-5-9-13-17;6*1-2/h15-17H,4-14H2,1-3H3;6*1-2H3. The smallest absolute Gasteiger partial charge is 0.0323 e. The summed E-state index contributed by atoms with van der Waals surface area (Å²) in [4.78, 5) is 0. The van der Waals surface area contributed by atoms with Gasteiger partial charge in [0.15, 0.2) is 0 Å². The molecule has 1 atom stereocenters. The lowest BCUT2D eigenvalue weighted by Gasteiger charge is -2.41. The Bertz CT molecular complexity index is 228. The van der Waals surface area contributed by atoms with Gasteiger partial charge in [-0.05, 0) is 42.4 Å². The Morgan fingerprint density at radius 2 is 0.833 bits per heavy atom. The molecule has 2 aliphatic rings. The van der Waals surface area contributed by atoms with E-state index in [9.17, 15) is 0 Å². The van der Waals surface area contributed by atoms with Crippen LogP contribution in [0.3, 0.4) is 0 Å². The fourth-order valence-corrected chi connectivity index (χ4v) is 4.75. The first-order valence-corrected chi connectivity index (χ1v) is 14.6. The van der Waals surface area contributed by atoms with Gasteiger partial charge in [-0.3, -0.25) is 0 Å². The molecule has 0 nitrogen and oxygen atoms in total. The summed E-state index contributed by atoms with van der Waals surface area (Å²) in [5, 5.41) is 0. The zero-order valence-electron chi connectivity index (χ0n) is 25.0. The minimum Gasteiger partial charge on any atom is -0.0683 e. The van der Waals surface area contributed by atoms with E-state index in [1.54, 1.807) is 0 Å². The van der Waals surface area contributed by atoms with Gasteiger partial charge in [-0.15, -0.1) is 0 Å². The predicted molar refractivity (Wildman–Crippen MR) is 149 cm³/mol. The molecule has 0 bridgehead atoms. The first kappa shape index (κ1) is 40.4. The molecule has 0 aromatic carbocycles. The summed E-state index contributed by atoms with van der Waals surface area (Å²) in [5.41, 5.74) is 0.595. The van der Waals surface area contributed by atoms with Gasteiger partial charge in [0.05, 0.1) is 0 Å². The van der Waals surface area contributed by atoms with Crippen LogP contribution in [0.15, 0.2) is 0 Å². The minimum atomic E-state index is 0.595. The largest absolute Gasteiger partial charge is 0.0683 e. The Labute approximate surface area is 197 Å². The highest BCUT2D eigenvalue weighted by Crippen LogP contribution is 2.45. The minimum absolute atomic E-state index is 0.595. The van der Waals surface area contributed by atoms with Gasteiger partial charge in [0, 0.05) is 0 Å². The maximum atomic E-state index is 2.56. The zero-order valence-corrected chi connectivity index (χ0v) is 25.0. The fourth-order valence-electron chi connectivity index (χ4n) is 4.75. The third-order valence-electron chi connectivity index (χ3n) is 6.01. The molecule has 0 amide bonds. The molecule has 190 valence electrons. The van der Waals surface area contributed by atoms with Crippen molar-refractivity contribution in [2.75, 3.05) is 0 Å². The molecule has 0 N–H and O–H groups in total. The first-order valence-electron chi connectivity index (χ1n) is 14.6. The van der Waals surface area contributed by atoms with E-state index >= 15 is 0 Å². The molecule has 2 aliphatic carbocycles. The van der Waals surface area contributed by atoms with E-state index in [0.29, 0.717) is 5.41 Å². The third kappa shape index (κ3) is 21.2. The van der Waals surface area contributed by atoms with Gasteiger partial charge in [0.2, 0.25) is 0 Å². The second-order valence-corrected chi connectivity index (χ2v) is 7.90. The Kier molecular flexibility index (Phi) is 45.3. The summed E-state index contributed by atoms with van der Waals surface area (Å²) in [6, 6.07) is 0. The van der Waals surface area contributed by atoms with Crippen LogP contribution in [0.5, 0.6) is 0 Å². The second-order valence-electron chi connectivity index (χ2n) is 7.90. The van der Waals surface area contributed by atoms with E-state index in [1.807, 2.05) is 83.1 Å². The molecular weight excluding hydrogens is 360 g/mol. The van der Waals surface area contributed by atoms with Crippen LogP contribution in [0.1, 0.15) is 174 Å². The van der Waals surface area contributed by atoms with Crippen molar-refractivity contribution in [3.63, 3.8) is 0 Å². The SMILES string of the molecule is CC.CC.CC.CC.CC.CC.CC(CC(C)(C)C1CCCCC1)C1CCCCC1. The lowest BCUT2D eigenvalue weighted by molar-refractivity contribution is 0.0996. The van der Waals surface area contributed by atoms with Crippen molar-refractivity contribution in [1.82, 2.24) is 0 Å². The Hall–Kier alpha value is 0. The zero-order chi connectivity index (χ0) is 25.0. The monoisotopic (exact) mass is 431 g/mol. The van der Waals surface area contributed by atoms with Crippen LogP contribution in [-0.2, 0) is 0 Å². The fraction of sp³-hybridized carbons (Fsp3) is 1.00. The summed E-state index contributed by atoms with van der Waals surface area (Å²) >= 11 is 0. The van der Waals surface area contributed by atoms with Crippen LogP contribution in [-0.4, -0.2) is 0 Å². The van der Waals surface area contributed by atoms with Gasteiger partial charge in [-0.25, -0.2) is 0 Å². The van der Waals surface area contributed by atoms with E-state index in [4.69, 9.17) is 0 Å². The molecule has 0 heterocycles. The number of hydrogen-bond acceptors (Lipinski definition) is 0. The lowest BCUT2D eigenvalue weighted by Crippen LogP contribution is -2.30. The van der Waals surface area contributed by atoms with E-state index < -0.39 is 0 Å². The van der Waals surface area contributed by atoms with E-state index in [2.05, 4.69) is 20.8 Å². The van der Waals surface area contributed by atoms with Gasteiger partial charge in [0.1, 0.15) is 0 Å². The van der Waals surface area contributed by atoms with Gasteiger partial charge >= 0.3 is 0 Å². The first-order chi connectivity index (χ1) is 14.6. The molecule has 2 saturated carbocycles. The van der Waals surface area contributed by atoms with Gasteiger partial charge in [-0.2, -0.15) is 0 Å². The third-order valence-corrected chi connectivity index (χ3v) is 6.01. The quantitative estimate of drug-likeness (QED) is 0.416. The Balaban J connectivity index is -0.000000150. The Morgan fingerprint density at radius 1 is 0.533 bits per heavy atom. The van der Waals surface area contributed by atoms with Crippen LogP contribution in [0, 0.1) is 23.2 Å². The molecule has 1 unspecified atom stereocenters. The van der Waals surface area contributed by atoms with E-state index in [0.717, 1.165) is 17.8 Å². The predicted octanol–water partition coefficient (Wildman–Crippen LogP) is 12.4. The highest BCUT2D eigenvalue weighted by molar-refractivity contribution is 4.84. The Morgan fingerprint density at radius 3 is 1.17 bits per heavy atom. The molecule has 0 aromatic rings. The molecule has 0 spiro atoms. The van der Waals surface area contributed by atoms with Crippen molar-refractivity contribution in [2.45, 2.75) is 174 Å². The summed E-state index contributed by atoms with van der Waals surface area (Å²) in [5.74, 6) is 3.01. The van der Waals surface area contributed by atoms with Crippen molar-refractivity contribution in [3.8, 4) is 0 Å². The van der Waals surface area contributed by atoms with E-state index in [1.165, 1.54) is 70.6 Å². The van der Waals surface area contributed by atoms with Gasteiger partial charge < -0.3 is 0 Å². The maximum absolute atomic E-state index is 2.56. The summed E-state index contributed by atoms with van der Waals surface area (Å²) in [7, 11) is 0. The van der Waals surface area contributed by atoms with Crippen LogP contribution in [0.4, 0.5) is 0 Å². The number of hydrogen-bond donors (Lipinski definition) is 0. The topological polar surface area (TPSA) is 0 Å². The molecular formula is C30H70. The van der Waals surface area contributed by atoms with Crippen LogP contribution < -0.4 is 0 Å². The van der Waals surface area contributed by atoms with E-state index in [-0.39, 0.29) is 0 Å². The van der Waals surface area contributed by atoms with Crippen molar-refractivity contribution in [3.05, 3.63) is 0 Å². The van der Waals surface area contributed by atoms with Crippen molar-refractivity contribution >= 4 is 0 Å². The molecule has 0 aromatic heterocycles. The lowest BCUT2D eigenvalue weighted by atomic mass is 9.65. The molecule has 0 aliphatic heterocycles. The summed E-state index contributed by atoms with van der Waals surface area (Å²) in [6.07, 6.45) is 16.5. The number of rotatable bonds is 4. The van der Waals surface area contributed by atoms with Crippen molar-refractivity contribution in [2.24, 2.45) is 23.2 Å². The summed E-state index contributed by atoms with van der Waals surface area (Å²) < 4.78 is 0. The summed E-state index contributed by atoms with van der Waals surface area (Å²) in [6.45, 7) is 31.7. The molecule has 2 fully saturated rings. The van der Waals surface area contributed by atoms with Crippen LogP contribution in [0.25, 0.3) is 0 Å². The highest BCUT2D eigenvalue weighted by Gasteiger charge is 2.33. The molecule has 0 saturated heterocycles. The van der Waals surface area contributed by atoms with Crippen LogP contribution >= 0.6 is 0 Å².